The van der Waals surface area contributed by atoms with Crippen LogP contribution in [-0.4, -0.2) is 4.92 Å². The first kappa shape index (κ1) is 15.3. The molecular formula is C13H7BrF3NO3. The predicted octanol–water partition coefficient (Wildman–Crippen LogP) is 5.17. The number of rotatable bonds is 3. The van der Waals surface area contributed by atoms with Gasteiger partial charge in [-0.1, -0.05) is 12.1 Å². The summed E-state index contributed by atoms with van der Waals surface area (Å²) < 4.78 is 44.6. The second-order valence-corrected chi connectivity index (χ2v) is 4.82. The Hall–Kier alpha value is -2.09. The summed E-state index contributed by atoms with van der Waals surface area (Å²) in [4.78, 5) is 9.70. The minimum Gasteiger partial charge on any atom is -0.456 e. The Morgan fingerprint density at radius 2 is 1.76 bits per heavy atom. The summed E-state index contributed by atoms with van der Waals surface area (Å²) in [5.74, 6) is -0.322. The van der Waals surface area contributed by atoms with Crippen LogP contribution in [0.25, 0.3) is 0 Å². The lowest BCUT2D eigenvalue weighted by Crippen LogP contribution is -2.08. The Morgan fingerprint density at radius 3 is 2.33 bits per heavy atom. The lowest BCUT2D eigenvalue weighted by atomic mass is 10.1. The number of ether oxygens (including phenoxy) is 1. The molecule has 0 fully saturated rings. The Kier molecular flexibility index (Phi) is 4.17. The average Bonchev–Trinajstić information content (AvgIpc) is 2.40. The van der Waals surface area contributed by atoms with Gasteiger partial charge >= 0.3 is 6.18 Å². The van der Waals surface area contributed by atoms with E-state index in [-0.39, 0.29) is 5.75 Å². The van der Waals surface area contributed by atoms with Crippen LogP contribution in [-0.2, 0) is 6.18 Å². The van der Waals surface area contributed by atoms with Crippen LogP contribution in [0.2, 0.25) is 0 Å². The van der Waals surface area contributed by atoms with Crippen molar-refractivity contribution in [3.63, 3.8) is 0 Å². The van der Waals surface area contributed by atoms with Crippen molar-refractivity contribution in [3.8, 4) is 11.5 Å². The molecule has 4 nitrogen and oxygen atoms in total. The fraction of sp³-hybridized carbons (Fsp3) is 0.0769. The van der Waals surface area contributed by atoms with Crippen molar-refractivity contribution < 1.29 is 22.8 Å². The zero-order valence-corrected chi connectivity index (χ0v) is 11.8. The molecule has 0 heterocycles. The Labute approximate surface area is 125 Å². The van der Waals surface area contributed by atoms with E-state index < -0.39 is 28.1 Å². The molecule has 0 aliphatic rings. The maximum Gasteiger partial charge on any atom is 0.420 e. The van der Waals surface area contributed by atoms with Gasteiger partial charge in [0.05, 0.1) is 9.40 Å². The molecule has 2 aromatic rings. The number of hydrogen-bond donors (Lipinski definition) is 0. The van der Waals surface area contributed by atoms with E-state index in [1.165, 1.54) is 6.07 Å². The van der Waals surface area contributed by atoms with Crippen molar-refractivity contribution >= 4 is 21.6 Å². The van der Waals surface area contributed by atoms with Gasteiger partial charge in [-0.25, -0.2) is 0 Å². The fourth-order valence-corrected chi connectivity index (χ4v) is 1.95. The van der Waals surface area contributed by atoms with E-state index in [0.29, 0.717) is 10.5 Å². The number of nitrogens with zero attached hydrogens (tertiary/aromatic N) is 1. The fourth-order valence-electron chi connectivity index (χ4n) is 1.59. The summed E-state index contributed by atoms with van der Waals surface area (Å²) in [6, 6.07) is 8.70. The molecular weight excluding hydrogens is 355 g/mol. The smallest absolute Gasteiger partial charge is 0.420 e. The van der Waals surface area contributed by atoms with Gasteiger partial charge in [-0.15, -0.1) is 0 Å². The van der Waals surface area contributed by atoms with Gasteiger partial charge in [0.15, 0.2) is 0 Å². The molecule has 0 spiro atoms. The summed E-state index contributed by atoms with van der Waals surface area (Å²) in [5, 5.41) is 10.6. The van der Waals surface area contributed by atoms with Crippen LogP contribution in [0, 0.1) is 10.1 Å². The van der Waals surface area contributed by atoms with E-state index in [9.17, 15) is 23.3 Å². The van der Waals surface area contributed by atoms with Crippen LogP contribution >= 0.6 is 15.9 Å². The van der Waals surface area contributed by atoms with Crippen LogP contribution in [0.4, 0.5) is 18.9 Å². The highest BCUT2D eigenvalue weighted by Gasteiger charge is 2.36. The van der Waals surface area contributed by atoms with Crippen LogP contribution < -0.4 is 4.74 Å². The van der Waals surface area contributed by atoms with E-state index >= 15 is 0 Å². The number of hydrogen-bond acceptors (Lipinski definition) is 3. The molecule has 0 saturated carbocycles. The quantitative estimate of drug-likeness (QED) is 0.559. The molecule has 0 amide bonds. The lowest BCUT2D eigenvalue weighted by molar-refractivity contribution is -0.385. The van der Waals surface area contributed by atoms with Gasteiger partial charge in [-0.05, 0) is 34.1 Å². The van der Waals surface area contributed by atoms with Crippen molar-refractivity contribution in [2.75, 3.05) is 0 Å². The first-order valence-electron chi connectivity index (χ1n) is 5.57. The molecule has 0 aromatic heterocycles. The van der Waals surface area contributed by atoms with Gasteiger partial charge in [0.25, 0.3) is 5.69 Å². The van der Waals surface area contributed by atoms with Gasteiger partial charge in [0.2, 0.25) is 0 Å². The summed E-state index contributed by atoms with van der Waals surface area (Å²) >= 11 is 3.15. The average molecular weight is 362 g/mol. The van der Waals surface area contributed by atoms with Crippen LogP contribution in [0.15, 0.2) is 46.9 Å². The van der Waals surface area contributed by atoms with Gasteiger partial charge in [0, 0.05) is 12.1 Å². The third-order valence-electron chi connectivity index (χ3n) is 2.54. The third kappa shape index (κ3) is 3.52. The van der Waals surface area contributed by atoms with Gasteiger partial charge in [-0.2, -0.15) is 13.2 Å². The highest BCUT2D eigenvalue weighted by atomic mass is 79.9. The highest BCUT2D eigenvalue weighted by Crippen LogP contribution is 2.41. The number of nitro benzene ring substituents is 1. The normalized spacial score (nSPS) is 11.2. The van der Waals surface area contributed by atoms with E-state index in [1.807, 2.05) is 0 Å². The van der Waals surface area contributed by atoms with Crippen LogP contribution in [0.5, 0.6) is 11.5 Å². The molecule has 0 unspecified atom stereocenters. The first-order valence-corrected chi connectivity index (χ1v) is 6.36. The molecule has 8 heteroatoms. The standard InChI is InChI=1S/C13H7BrF3NO3/c14-10-3-1-2-4-12(10)21-11-6-5-8(18(19)20)7-9(11)13(15,16)17/h1-7H. The highest BCUT2D eigenvalue weighted by molar-refractivity contribution is 9.10. The molecule has 110 valence electrons. The maximum atomic E-state index is 13.0. The van der Waals surface area contributed by atoms with Crippen molar-refractivity contribution in [2.45, 2.75) is 6.18 Å². The number of nitro groups is 1. The van der Waals surface area contributed by atoms with E-state index in [4.69, 9.17) is 4.74 Å². The molecule has 0 radical (unpaired) electrons. The number of halogens is 4. The summed E-state index contributed by atoms with van der Waals surface area (Å²) in [6.07, 6.45) is -4.76. The maximum absolute atomic E-state index is 13.0. The second kappa shape index (κ2) is 5.72. The number of para-hydroxylation sites is 1. The number of alkyl halides is 3. The van der Waals surface area contributed by atoms with Crippen LogP contribution in [0.3, 0.4) is 0 Å². The van der Waals surface area contributed by atoms with E-state index in [1.54, 1.807) is 18.2 Å². The number of benzene rings is 2. The summed E-state index contributed by atoms with van der Waals surface area (Å²) in [5.41, 5.74) is -1.85. The molecule has 0 atom stereocenters. The Balaban J connectivity index is 2.48. The molecule has 0 aliphatic heterocycles. The zero-order valence-electron chi connectivity index (χ0n) is 10.2. The topological polar surface area (TPSA) is 52.4 Å². The lowest BCUT2D eigenvalue weighted by Gasteiger charge is -2.14. The summed E-state index contributed by atoms with van der Waals surface area (Å²) in [7, 11) is 0. The summed E-state index contributed by atoms with van der Waals surface area (Å²) in [6.45, 7) is 0. The minimum absolute atomic E-state index is 0.178. The SMILES string of the molecule is O=[N+]([O-])c1ccc(Oc2ccccc2Br)c(C(F)(F)F)c1. The number of non-ortho nitro benzene ring substituents is 1. The van der Waals surface area contributed by atoms with Gasteiger partial charge in [-0.3, -0.25) is 10.1 Å². The van der Waals surface area contributed by atoms with Crippen molar-refractivity contribution in [3.05, 3.63) is 62.6 Å². The predicted molar refractivity (Wildman–Crippen MR) is 72.3 cm³/mol. The van der Waals surface area contributed by atoms with E-state index in [0.717, 1.165) is 12.1 Å². The zero-order chi connectivity index (χ0) is 15.6. The van der Waals surface area contributed by atoms with Crippen LogP contribution in [0.1, 0.15) is 5.56 Å². The second-order valence-electron chi connectivity index (χ2n) is 3.97. The largest absolute Gasteiger partial charge is 0.456 e. The molecule has 21 heavy (non-hydrogen) atoms. The molecule has 0 bridgehead atoms. The Morgan fingerprint density at radius 1 is 1.10 bits per heavy atom. The molecule has 2 rings (SSSR count). The van der Waals surface area contributed by atoms with Gasteiger partial charge < -0.3 is 4.74 Å². The molecule has 2 aromatic carbocycles. The first-order chi connectivity index (χ1) is 9.79. The van der Waals surface area contributed by atoms with Gasteiger partial charge in [0.1, 0.15) is 17.1 Å². The third-order valence-corrected chi connectivity index (χ3v) is 3.19. The molecule has 0 saturated heterocycles. The van der Waals surface area contributed by atoms with E-state index in [2.05, 4.69) is 15.9 Å². The van der Waals surface area contributed by atoms with Crippen molar-refractivity contribution in [2.24, 2.45) is 0 Å². The monoisotopic (exact) mass is 361 g/mol. The minimum atomic E-state index is -4.76. The van der Waals surface area contributed by atoms with Crippen molar-refractivity contribution in [1.29, 1.82) is 0 Å². The Bertz CT molecular complexity index is 689. The molecule has 0 N–H and O–H groups in total. The molecule has 0 aliphatic carbocycles. The van der Waals surface area contributed by atoms with Crippen molar-refractivity contribution in [1.82, 2.24) is 0 Å².